The van der Waals surface area contributed by atoms with E-state index in [1.807, 2.05) is 0 Å². The maximum absolute atomic E-state index is 5.36. The summed E-state index contributed by atoms with van der Waals surface area (Å²) in [6, 6.07) is 0. The molecular formula is C6H9N7. The Kier molecular flexibility index (Phi) is 1.91. The quantitative estimate of drug-likeness (QED) is 0.576. The van der Waals surface area contributed by atoms with Gasteiger partial charge in [-0.2, -0.15) is 15.2 Å². The molecule has 0 unspecified atom stereocenters. The summed E-state index contributed by atoms with van der Waals surface area (Å²) >= 11 is 0. The van der Waals surface area contributed by atoms with Crippen molar-refractivity contribution in [3.63, 3.8) is 0 Å². The van der Waals surface area contributed by atoms with Crippen LogP contribution in [0.2, 0.25) is 0 Å². The van der Waals surface area contributed by atoms with Gasteiger partial charge in [0.15, 0.2) is 11.6 Å². The Morgan fingerprint density at radius 3 is 2.69 bits per heavy atom. The SMILES string of the molecule is Nc1nc(CCc2nc[nH]n2)n[nH]1. The fourth-order valence-corrected chi connectivity index (χ4v) is 1.00. The highest BCUT2D eigenvalue weighted by Gasteiger charge is 2.02. The smallest absolute Gasteiger partial charge is 0.216 e. The summed E-state index contributed by atoms with van der Waals surface area (Å²) in [5, 5.41) is 13.0. The third-order valence-electron chi connectivity index (χ3n) is 1.59. The number of aromatic amines is 2. The monoisotopic (exact) mass is 179 g/mol. The van der Waals surface area contributed by atoms with Crippen LogP contribution in [0.4, 0.5) is 5.95 Å². The van der Waals surface area contributed by atoms with Crippen molar-refractivity contribution in [2.24, 2.45) is 0 Å². The van der Waals surface area contributed by atoms with Gasteiger partial charge in [-0.05, 0) is 0 Å². The number of aromatic nitrogens is 6. The summed E-state index contributed by atoms with van der Waals surface area (Å²) in [6.45, 7) is 0. The number of aryl methyl sites for hydroxylation is 2. The lowest BCUT2D eigenvalue weighted by Gasteiger charge is -1.89. The number of anilines is 1. The number of nitrogen functional groups attached to an aromatic ring is 1. The summed E-state index contributed by atoms with van der Waals surface area (Å²) in [6.07, 6.45) is 2.94. The average molecular weight is 179 g/mol. The van der Waals surface area contributed by atoms with Gasteiger partial charge in [0.1, 0.15) is 6.33 Å². The molecule has 2 aromatic rings. The molecule has 0 aromatic carbocycles. The van der Waals surface area contributed by atoms with E-state index < -0.39 is 0 Å². The first-order chi connectivity index (χ1) is 6.34. The van der Waals surface area contributed by atoms with E-state index in [-0.39, 0.29) is 0 Å². The number of hydrogen-bond donors (Lipinski definition) is 3. The van der Waals surface area contributed by atoms with Crippen LogP contribution in [0.5, 0.6) is 0 Å². The van der Waals surface area contributed by atoms with Crippen LogP contribution in [0.15, 0.2) is 6.33 Å². The zero-order valence-corrected chi connectivity index (χ0v) is 6.86. The highest BCUT2D eigenvalue weighted by atomic mass is 15.3. The second-order valence-corrected chi connectivity index (χ2v) is 2.55. The predicted octanol–water partition coefficient (Wildman–Crippen LogP) is -0.710. The Labute approximate surface area is 73.8 Å². The summed E-state index contributed by atoms with van der Waals surface area (Å²) in [7, 11) is 0. The van der Waals surface area contributed by atoms with Gasteiger partial charge in [0.25, 0.3) is 0 Å². The summed E-state index contributed by atoms with van der Waals surface area (Å²) in [4.78, 5) is 7.93. The zero-order valence-electron chi connectivity index (χ0n) is 6.86. The van der Waals surface area contributed by atoms with Gasteiger partial charge in [0.05, 0.1) is 0 Å². The first-order valence-electron chi connectivity index (χ1n) is 3.86. The number of nitrogens with zero attached hydrogens (tertiary/aromatic N) is 4. The molecule has 0 saturated carbocycles. The van der Waals surface area contributed by atoms with Crippen LogP contribution >= 0.6 is 0 Å². The predicted molar refractivity (Wildman–Crippen MR) is 44.6 cm³/mol. The van der Waals surface area contributed by atoms with E-state index in [0.717, 1.165) is 5.82 Å². The average Bonchev–Trinajstić information content (AvgIpc) is 2.71. The number of nitrogens with one attached hydrogen (secondary N) is 2. The van der Waals surface area contributed by atoms with E-state index >= 15 is 0 Å². The van der Waals surface area contributed by atoms with Crippen LogP contribution in [-0.2, 0) is 12.8 Å². The molecule has 0 amide bonds. The van der Waals surface area contributed by atoms with Crippen LogP contribution in [0, 0.1) is 0 Å². The molecule has 0 radical (unpaired) electrons. The molecular weight excluding hydrogens is 170 g/mol. The van der Waals surface area contributed by atoms with Crippen molar-refractivity contribution in [2.75, 3.05) is 5.73 Å². The fourth-order valence-electron chi connectivity index (χ4n) is 1.00. The Bertz CT molecular complexity index is 362. The van der Waals surface area contributed by atoms with Gasteiger partial charge in [-0.15, -0.1) is 0 Å². The minimum atomic E-state index is 0.338. The molecule has 0 fully saturated rings. The molecule has 13 heavy (non-hydrogen) atoms. The van der Waals surface area contributed by atoms with Crippen LogP contribution in [0.1, 0.15) is 11.6 Å². The molecule has 2 heterocycles. The molecule has 0 saturated heterocycles. The van der Waals surface area contributed by atoms with Gasteiger partial charge in [-0.25, -0.2) is 10.1 Å². The molecule has 0 bridgehead atoms. The first kappa shape index (κ1) is 7.71. The Hall–Kier alpha value is -1.92. The van der Waals surface area contributed by atoms with E-state index in [2.05, 4.69) is 30.4 Å². The molecule has 0 aliphatic heterocycles. The molecule has 0 atom stereocenters. The number of nitrogens with two attached hydrogens (primary N) is 1. The molecule has 0 aliphatic carbocycles. The van der Waals surface area contributed by atoms with Gasteiger partial charge < -0.3 is 5.73 Å². The molecule has 7 heteroatoms. The molecule has 2 rings (SSSR count). The molecule has 0 aliphatic rings. The van der Waals surface area contributed by atoms with Gasteiger partial charge in [0, 0.05) is 12.8 Å². The highest BCUT2D eigenvalue weighted by Crippen LogP contribution is 1.98. The van der Waals surface area contributed by atoms with Crippen molar-refractivity contribution in [1.29, 1.82) is 0 Å². The van der Waals surface area contributed by atoms with E-state index in [0.29, 0.717) is 24.6 Å². The number of hydrogen-bond acceptors (Lipinski definition) is 5. The van der Waals surface area contributed by atoms with Crippen LogP contribution < -0.4 is 5.73 Å². The minimum absolute atomic E-state index is 0.338. The molecule has 2 aromatic heterocycles. The van der Waals surface area contributed by atoms with E-state index in [1.54, 1.807) is 6.33 Å². The molecule has 0 spiro atoms. The summed E-state index contributed by atoms with van der Waals surface area (Å²) in [5.41, 5.74) is 5.36. The van der Waals surface area contributed by atoms with Crippen LogP contribution in [-0.4, -0.2) is 30.4 Å². The standard InChI is InChI=1S/C6H9N7/c7-6-10-5(12-13-6)2-1-4-8-3-9-11-4/h3H,1-2H2,(H,8,9,11)(H3,7,10,12,13). The summed E-state index contributed by atoms with van der Waals surface area (Å²) < 4.78 is 0. The van der Waals surface area contributed by atoms with Crippen LogP contribution in [0.25, 0.3) is 0 Å². The van der Waals surface area contributed by atoms with Crippen molar-refractivity contribution in [3.05, 3.63) is 18.0 Å². The van der Waals surface area contributed by atoms with Crippen molar-refractivity contribution in [2.45, 2.75) is 12.8 Å². The van der Waals surface area contributed by atoms with Gasteiger partial charge in [-0.1, -0.05) is 0 Å². The topological polar surface area (TPSA) is 109 Å². The van der Waals surface area contributed by atoms with Gasteiger partial charge in [0.2, 0.25) is 5.95 Å². The van der Waals surface area contributed by atoms with Crippen molar-refractivity contribution >= 4 is 5.95 Å². The maximum Gasteiger partial charge on any atom is 0.216 e. The van der Waals surface area contributed by atoms with E-state index in [1.165, 1.54) is 0 Å². The zero-order chi connectivity index (χ0) is 9.10. The van der Waals surface area contributed by atoms with E-state index in [9.17, 15) is 0 Å². The molecule has 68 valence electrons. The third kappa shape index (κ3) is 1.81. The second-order valence-electron chi connectivity index (χ2n) is 2.55. The number of rotatable bonds is 3. The molecule has 4 N–H and O–H groups in total. The van der Waals surface area contributed by atoms with Gasteiger partial charge in [-0.3, -0.25) is 5.10 Å². The lowest BCUT2D eigenvalue weighted by atomic mass is 10.3. The minimum Gasteiger partial charge on any atom is -0.368 e. The van der Waals surface area contributed by atoms with Crippen molar-refractivity contribution in [3.8, 4) is 0 Å². The van der Waals surface area contributed by atoms with Crippen molar-refractivity contribution in [1.82, 2.24) is 30.4 Å². The van der Waals surface area contributed by atoms with Gasteiger partial charge >= 0.3 is 0 Å². The normalized spacial score (nSPS) is 10.5. The Morgan fingerprint density at radius 2 is 2.08 bits per heavy atom. The Balaban J connectivity index is 1.93. The lowest BCUT2D eigenvalue weighted by Crippen LogP contribution is -1.95. The largest absolute Gasteiger partial charge is 0.368 e. The third-order valence-corrected chi connectivity index (χ3v) is 1.59. The fraction of sp³-hybridized carbons (Fsp3) is 0.333. The Morgan fingerprint density at radius 1 is 1.23 bits per heavy atom. The van der Waals surface area contributed by atoms with Crippen molar-refractivity contribution < 1.29 is 0 Å². The summed E-state index contributed by atoms with van der Waals surface area (Å²) in [5.74, 6) is 1.77. The highest BCUT2D eigenvalue weighted by molar-refractivity contribution is 5.12. The van der Waals surface area contributed by atoms with Crippen LogP contribution in [0.3, 0.4) is 0 Å². The molecule has 7 nitrogen and oxygen atoms in total. The maximum atomic E-state index is 5.36. The lowest BCUT2D eigenvalue weighted by molar-refractivity contribution is 0.814. The second kappa shape index (κ2) is 3.21. The van der Waals surface area contributed by atoms with E-state index in [4.69, 9.17) is 5.73 Å². The number of H-pyrrole nitrogens is 2. The first-order valence-corrected chi connectivity index (χ1v) is 3.86.